The summed E-state index contributed by atoms with van der Waals surface area (Å²) in [6, 6.07) is 12.0. The number of benzene rings is 2. The summed E-state index contributed by atoms with van der Waals surface area (Å²) < 4.78 is 20.6. The highest BCUT2D eigenvalue weighted by molar-refractivity contribution is 6.21. The molecule has 9 nitrogen and oxygen atoms in total. The molecule has 4 rings (SSSR count). The number of amides is 2. The van der Waals surface area contributed by atoms with E-state index < -0.39 is 30.2 Å². The SMILES string of the molecule is COc1ccc(C(=O)COC(=O)c2ccc3c(c2)C(=O)N(Cc2ccco2)C3=O)cc1OC. The lowest BCUT2D eigenvalue weighted by Crippen LogP contribution is -2.28. The number of fused-ring (bicyclic) bond motifs is 1. The first kappa shape index (κ1) is 21.8. The molecule has 0 aliphatic carbocycles. The van der Waals surface area contributed by atoms with Crippen LogP contribution in [-0.4, -0.2) is 49.3 Å². The van der Waals surface area contributed by atoms with Gasteiger partial charge in [0.05, 0.1) is 43.7 Å². The predicted molar refractivity (Wildman–Crippen MR) is 114 cm³/mol. The Hall–Kier alpha value is -4.40. The van der Waals surface area contributed by atoms with Crippen LogP contribution in [0.4, 0.5) is 0 Å². The minimum absolute atomic E-state index is 0.0149. The maximum absolute atomic E-state index is 12.7. The number of imide groups is 1. The third kappa shape index (κ3) is 4.20. The van der Waals surface area contributed by atoms with Gasteiger partial charge in [-0.3, -0.25) is 19.3 Å². The number of carbonyl (C=O) groups excluding carboxylic acids is 4. The number of carbonyl (C=O) groups is 4. The van der Waals surface area contributed by atoms with Gasteiger partial charge in [0.1, 0.15) is 5.76 Å². The lowest BCUT2D eigenvalue weighted by atomic mass is 10.1. The van der Waals surface area contributed by atoms with Gasteiger partial charge in [-0.2, -0.15) is 0 Å². The van der Waals surface area contributed by atoms with Crippen LogP contribution in [0.1, 0.15) is 47.2 Å². The molecule has 0 N–H and O–H groups in total. The van der Waals surface area contributed by atoms with Crippen molar-refractivity contribution < 1.29 is 37.8 Å². The first-order valence-corrected chi connectivity index (χ1v) is 9.88. The second-order valence-electron chi connectivity index (χ2n) is 7.11. The van der Waals surface area contributed by atoms with E-state index >= 15 is 0 Å². The molecule has 0 atom stereocenters. The van der Waals surface area contributed by atoms with Crippen molar-refractivity contribution in [2.24, 2.45) is 0 Å². The Kier molecular flexibility index (Phi) is 5.95. The molecule has 0 saturated heterocycles. The maximum atomic E-state index is 12.7. The number of furan rings is 1. The molecule has 1 aromatic heterocycles. The fourth-order valence-electron chi connectivity index (χ4n) is 3.43. The minimum atomic E-state index is -0.795. The molecule has 0 bridgehead atoms. The largest absolute Gasteiger partial charge is 0.493 e. The van der Waals surface area contributed by atoms with Gasteiger partial charge in [-0.15, -0.1) is 0 Å². The van der Waals surface area contributed by atoms with Gasteiger partial charge < -0.3 is 18.6 Å². The highest BCUT2D eigenvalue weighted by Crippen LogP contribution is 2.28. The van der Waals surface area contributed by atoms with E-state index in [1.165, 1.54) is 50.8 Å². The van der Waals surface area contributed by atoms with Crippen molar-refractivity contribution >= 4 is 23.6 Å². The van der Waals surface area contributed by atoms with E-state index in [1.54, 1.807) is 18.2 Å². The molecule has 2 heterocycles. The molecule has 0 saturated carbocycles. The zero-order valence-corrected chi connectivity index (χ0v) is 17.8. The summed E-state index contributed by atoms with van der Waals surface area (Å²) in [5.41, 5.74) is 0.607. The van der Waals surface area contributed by atoms with Crippen molar-refractivity contribution in [3.05, 3.63) is 82.8 Å². The normalized spacial score (nSPS) is 12.5. The van der Waals surface area contributed by atoms with E-state index in [0.717, 1.165) is 4.90 Å². The van der Waals surface area contributed by atoms with E-state index in [2.05, 4.69) is 0 Å². The van der Waals surface area contributed by atoms with Crippen molar-refractivity contribution in [3.63, 3.8) is 0 Å². The van der Waals surface area contributed by atoms with Gasteiger partial charge in [-0.1, -0.05) is 0 Å². The highest BCUT2D eigenvalue weighted by atomic mass is 16.5. The summed E-state index contributed by atoms with van der Waals surface area (Å²) in [6.45, 7) is -0.526. The van der Waals surface area contributed by atoms with Crippen LogP contribution in [0.3, 0.4) is 0 Å². The van der Waals surface area contributed by atoms with Crippen LogP contribution in [-0.2, 0) is 11.3 Å². The van der Waals surface area contributed by atoms with Gasteiger partial charge in [0.15, 0.2) is 23.9 Å². The molecular formula is C24H19NO8. The number of nitrogens with zero attached hydrogens (tertiary/aromatic N) is 1. The third-order valence-corrected chi connectivity index (χ3v) is 5.14. The fraction of sp³-hybridized carbons (Fsp3) is 0.167. The van der Waals surface area contributed by atoms with Crippen LogP contribution in [0.5, 0.6) is 11.5 Å². The molecule has 168 valence electrons. The van der Waals surface area contributed by atoms with Crippen LogP contribution in [0.2, 0.25) is 0 Å². The molecule has 0 radical (unpaired) electrons. The smallest absolute Gasteiger partial charge is 0.338 e. The average molecular weight is 449 g/mol. The van der Waals surface area contributed by atoms with E-state index in [-0.39, 0.29) is 28.8 Å². The van der Waals surface area contributed by atoms with Gasteiger partial charge >= 0.3 is 5.97 Å². The Morgan fingerprint density at radius 3 is 2.30 bits per heavy atom. The van der Waals surface area contributed by atoms with Gasteiger partial charge in [0.25, 0.3) is 11.8 Å². The second-order valence-corrected chi connectivity index (χ2v) is 7.11. The summed E-state index contributed by atoms with van der Waals surface area (Å²) in [4.78, 5) is 51.2. The zero-order valence-electron chi connectivity index (χ0n) is 17.8. The molecule has 0 spiro atoms. The Balaban J connectivity index is 1.44. The van der Waals surface area contributed by atoms with Crippen LogP contribution < -0.4 is 9.47 Å². The molecule has 2 aromatic carbocycles. The molecule has 0 fully saturated rings. The molecule has 2 amide bonds. The van der Waals surface area contributed by atoms with Crippen molar-refractivity contribution in [3.8, 4) is 11.5 Å². The lowest BCUT2D eigenvalue weighted by Gasteiger charge is -2.11. The summed E-state index contributed by atoms with van der Waals surface area (Å²) >= 11 is 0. The number of Topliss-reactive ketones (excluding diaryl/α,β-unsaturated/α-hetero) is 1. The number of ether oxygens (including phenoxy) is 3. The lowest BCUT2D eigenvalue weighted by molar-refractivity contribution is 0.0474. The predicted octanol–water partition coefficient (Wildman–Crippen LogP) is 3.13. The first-order chi connectivity index (χ1) is 15.9. The van der Waals surface area contributed by atoms with Crippen LogP contribution in [0, 0.1) is 0 Å². The third-order valence-electron chi connectivity index (χ3n) is 5.14. The minimum Gasteiger partial charge on any atom is -0.493 e. The molecular weight excluding hydrogens is 430 g/mol. The average Bonchev–Trinajstić information content (AvgIpc) is 3.44. The van der Waals surface area contributed by atoms with Crippen LogP contribution >= 0.6 is 0 Å². The van der Waals surface area contributed by atoms with E-state index in [1.807, 2.05) is 0 Å². The van der Waals surface area contributed by atoms with Crippen molar-refractivity contribution in [2.75, 3.05) is 20.8 Å². The summed E-state index contributed by atoms with van der Waals surface area (Å²) in [5.74, 6) is -0.965. The second kappa shape index (κ2) is 8.99. The summed E-state index contributed by atoms with van der Waals surface area (Å²) in [5, 5.41) is 0. The summed E-state index contributed by atoms with van der Waals surface area (Å²) in [6.07, 6.45) is 1.45. The number of ketones is 1. The standard InChI is InChI=1S/C24H19NO8/c1-30-20-8-6-14(11-21(20)31-2)19(26)13-33-24(29)15-5-7-17-18(10-15)23(28)25(22(17)27)12-16-4-3-9-32-16/h3-11H,12-13H2,1-2H3. The van der Waals surface area contributed by atoms with Crippen molar-refractivity contribution in [1.29, 1.82) is 0 Å². The maximum Gasteiger partial charge on any atom is 0.338 e. The number of esters is 1. The topological polar surface area (TPSA) is 112 Å². The monoisotopic (exact) mass is 449 g/mol. The molecule has 1 aliphatic heterocycles. The highest BCUT2D eigenvalue weighted by Gasteiger charge is 2.36. The van der Waals surface area contributed by atoms with E-state index in [4.69, 9.17) is 18.6 Å². The first-order valence-electron chi connectivity index (χ1n) is 9.88. The number of rotatable bonds is 8. The van der Waals surface area contributed by atoms with Gasteiger partial charge in [0, 0.05) is 5.56 Å². The molecule has 3 aromatic rings. The van der Waals surface area contributed by atoms with Gasteiger partial charge in [0.2, 0.25) is 0 Å². The molecule has 9 heteroatoms. The Morgan fingerprint density at radius 1 is 0.879 bits per heavy atom. The van der Waals surface area contributed by atoms with Crippen LogP contribution in [0.15, 0.2) is 59.2 Å². The van der Waals surface area contributed by atoms with E-state index in [9.17, 15) is 19.2 Å². The van der Waals surface area contributed by atoms with Crippen LogP contribution in [0.25, 0.3) is 0 Å². The molecule has 1 aliphatic rings. The molecule has 33 heavy (non-hydrogen) atoms. The van der Waals surface area contributed by atoms with Gasteiger partial charge in [-0.25, -0.2) is 4.79 Å². The zero-order chi connectivity index (χ0) is 23.5. The number of hydrogen-bond acceptors (Lipinski definition) is 8. The van der Waals surface area contributed by atoms with Crippen molar-refractivity contribution in [1.82, 2.24) is 4.90 Å². The van der Waals surface area contributed by atoms with E-state index in [0.29, 0.717) is 17.3 Å². The Bertz CT molecular complexity index is 1250. The van der Waals surface area contributed by atoms with Gasteiger partial charge in [-0.05, 0) is 48.5 Å². The van der Waals surface area contributed by atoms with Crippen molar-refractivity contribution in [2.45, 2.75) is 6.54 Å². The Labute approximate surface area is 188 Å². The Morgan fingerprint density at radius 2 is 1.61 bits per heavy atom. The molecule has 0 unspecified atom stereocenters. The summed E-state index contributed by atoms with van der Waals surface area (Å²) in [7, 11) is 2.92. The number of methoxy groups -OCH3 is 2. The quantitative estimate of drug-likeness (QED) is 0.293. The number of hydrogen-bond donors (Lipinski definition) is 0. The fourth-order valence-corrected chi connectivity index (χ4v) is 3.43.